The van der Waals surface area contributed by atoms with E-state index in [1.807, 2.05) is 64.1 Å². The van der Waals surface area contributed by atoms with Crippen molar-refractivity contribution in [2.24, 2.45) is 0 Å². The number of ether oxygens (including phenoxy) is 2. The first kappa shape index (κ1) is 25.1. The maximum Gasteiger partial charge on any atom is 0.301 e. The van der Waals surface area contributed by atoms with E-state index in [1.54, 1.807) is 18.2 Å². The summed E-state index contributed by atoms with van der Waals surface area (Å²) in [7, 11) is 0. The molecule has 7 nitrogen and oxygen atoms in total. The molecule has 3 aromatic carbocycles. The number of aliphatic hydroxyl groups is 1. The molecular formula is C31H28N2O5S. The van der Waals surface area contributed by atoms with Gasteiger partial charge in [0.2, 0.25) is 0 Å². The largest absolute Gasteiger partial charge is 0.507 e. The molecule has 39 heavy (non-hydrogen) atoms. The highest BCUT2D eigenvalue weighted by Crippen LogP contribution is 2.45. The molecule has 2 atom stereocenters. The standard InChI is InChI=1S/C31H28N2O5S/c1-5-37-22-8-6-7-19(15-22)27-25(28(34)20-9-10-23-21(14-20)13-18(4)38-23)29(35)30(36)33(27)31-32-26-17(3)11-16(2)12-24(26)39-31/h6-12,14-15,18,27,34H,5,13H2,1-4H3/b28-25+/t18-,27+/m1/s1. The topological polar surface area (TPSA) is 89.0 Å². The van der Waals surface area contributed by atoms with Crippen LogP contribution in [0.4, 0.5) is 5.13 Å². The molecule has 8 heteroatoms. The van der Waals surface area contributed by atoms with E-state index >= 15 is 0 Å². The Hall–Kier alpha value is -4.17. The van der Waals surface area contributed by atoms with Crippen molar-refractivity contribution in [1.29, 1.82) is 0 Å². The van der Waals surface area contributed by atoms with Crippen LogP contribution in [0.1, 0.15) is 47.7 Å². The molecule has 1 saturated heterocycles. The highest BCUT2D eigenvalue weighted by atomic mass is 32.1. The Labute approximate surface area is 230 Å². The van der Waals surface area contributed by atoms with E-state index < -0.39 is 17.7 Å². The summed E-state index contributed by atoms with van der Waals surface area (Å²) in [5, 5.41) is 12.0. The van der Waals surface area contributed by atoms with Crippen LogP contribution in [-0.4, -0.2) is 34.5 Å². The minimum absolute atomic E-state index is 0.0210. The lowest BCUT2D eigenvalue weighted by Gasteiger charge is -2.23. The van der Waals surface area contributed by atoms with Gasteiger partial charge in [-0.05, 0) is 86.3 Å². The second kappa shape index (κ2) is 9.54. The van der Waals surface area contributed by atoms with E-state index in [0.717, 1.165) is 32.7 Å². The maximum atomic E-state index is 13.7. The molecule has 0 aliphatic carbocycles. The Balaban J connectivity index is 1.55. The lowest BCUT2D eigenvalue weighted by Crippen LogP contribution is -2.29. The number of carbonyl (C=O) groups is 2. The summed E-state index contributed by atoms with van der Waals surface area (Å²) in [5.74, 6) is -0.328. The lowest BCUT2D eigenvalue weighted by atomic mass is 9.94. The molecule has 6 rings (SSSR count). The second-order valence-electron chi connectivity index (χ2n) is 10.1. The van der Waals surface area contributed by atoms with Gasteiger partial charge in [0, 0.05) is 12.0 Å². The maximum absolute atomic E-state index is 13.7. The van der Waals surface area contributed by atoms with Gasteiger partial charge in [-0.25, -0.2) is 4.98 Å². The van der Waals surface area contributed by atoms with Crippen molar-refractivity contribution in [3.8, 4) is 11.5 Å². The summed E-state index contributed by atoms with van der Waals surface area (Å²) in [6.07, 6.45) is 0.741. The molecule has 0 radical (unpaired) electrons. The number of aliphatic hydroxyl groups excluding tert-OH is 1. The third-order valence-electron chi connectivity index (χ3n) is 7.12. The molecule has 1 fully saturated rings. The number of hydrogen-bond acceptors (Lipinski definition) is 7. The SMILES string of the molecule is CCOc1cccc([C@H]2/C(=C(\O)c3ccc4c(c3)C[C@@H](C)O4)C(=O)C(=O)N2c2nc3c(C)cc(C)cc3s2)c1. The fourth-order valence-electron chi connectivity index (χ4n) is 5.47. The van der Waals surface area contributed by atoms with Crippen LogP contribution >= 0.6 is 11.3 Å². The number of hydrogen-bond donors (Lipinski definition) is 1. The Bertz CT molecular complexity index is 1690. The van der Waals surface area contributed by atoms with E-state index in [9.17, 15) is 14.7 Å². The quantitative estimate of drug-likeness (QED) is 0.183. The minimum atomic E-state index is -0.879. The van der Waals surface area contributed by atoms with Crippen LogP contribution in [0.25, 0.3) is 16.0 Å². The number of Topliss-reactive ketones (excluding diaryl/α,β-unsaturated/α-hetero) is 1. The fraction of sp³-hybridized carbons (Fsp3) is 0.258. The summed E-state index contributed by atoms with van der Waals surface area (Å²) < 4.78 is 12.5. The van der Waals surface area contributed by atoms with Gasteiger partial charge in [0.05, 0.1) is 28.4 Å². The van der Waals surface area contributed by atoms with E-state index in [0.29, 0.717) is 35.0 Å². The molecule has 1 N–H and O–H groups in total. The monoisotopic (exact) mass is 540 g/mol. The van der Waals surface area contributed by atoms with Gasteiger partial charge < -0.3 is 14.6 Å². The molecule has 1 aromatic heterocycles. The molecule has 198 valence electrons. The normalized spacial score (nSPS) is 19.9. The Kier molecular flexibility index (Phi) is 6.14. The van der Waals surface area contributed by atoms with Crippen molar-refractivity contribution in [1.82, 2.24) is 4.98 Å². The number of aryl methyl sites for hydroxylation is 2. The first-order chi connectivity index (χ1) is 18.7. The summed E-state index contributed by atoms with van der Waals surface area (Å²) >= 11 is 1.36. The van der Waals surface area contributed by atoms with Crippen molar-refractivity contribution in [2.75, 3.05) is 11.5 Å². The number of thiazole rings is 1. The molecule has 4 aromatic rings. The predicted molar refractivity (Wildman–Crippen MR) is 152 cm³/mol. The van der Waals surface area contributed by atoms with Gasteiger partial charge in [-0.15, -0.1) is 0 Å². The molecule has 0 spiro atoms. The molecule has 3 heterocycles. The van der Waals surface area contributed by atoms with Crippen molar-refractivity contribution >= 4 is 44.1 Å². The summed E-state index contributed by atoms with van der Waals surface area (Å²) in [6, 6.07) is 15.8. The van der Waals surface area contributed by atoms with Crippen molar-refractivity contribution < 1.29 is 24.2 Å². The zero-order valence-electron chi connectivity index (χ0n) is 22.1. The van der Waals surface area contributed by atoms with E-state index in [4.69, 9.17) is 14.5 Å². The van der Waals surface area contributed by atoms with Crippen LogP contribution in [0.15, 0.2) is 60.2 Å². The molecule has 0 bridgehead atoms. The van der Waals surface area contributed by atoms with Crippen molar-refractivity contribution in [3.63, 3.8) is 0 Å². The lowest BCUT2D eigenvalue weighted by molar-refractivity contribution is -0.132. The number of rotatable bonds is 5. The van der Waals surface area contributed by atoms with Crippen LogP contribution in [-0.2, 0) is 16.0 Å². The van der Waals surface area contributed by atoms with Gasteiger partial charge in [0.15, 0.2) is 5.13 Å². The van der Waals surface area contributed by atoms with E-state index in [1.165, 1.54) is 16.2 Å². The Morgan fingerprint density at radius 3 is 2.77 bits per heavy atom. The third-order valence-corrected chi connectivity index (χ3v) is 8.13. The molecular weight excluding hydrogens is 512 g/mol. The zero-order valence-corrected chi connectivity index (χ0v) is 23.0. The number of carbonyl (C=O) groups excluding carboxylic acids is 2. The number of benzene rings is 3. The van der Waals surface area contributed by atoms with Crippen LogP contribution in [0.2, 0.25) is 0 Å². The van der Waals surface area contributed by atoms with E-state index in [-0.39, 0.29) is 17.4 Å². The van der Waals surface area contributed by atoms with Gasteiger partial charge in [-0.1, -0.05) is 29.5 Å². The first-order valence-electron chi connectivity index (χ1n) is 13.0. The smallest absolute Gasteiger partial charge is 0.301 e. The number of nitrogens with zero attached hydrogens (tertiary/aromatic N) is 2. The number of ketones is 1. The van der Waals surface area contributed by atoms with Gasteiger partial charge in [0.1, 0.15) is 23.4 Å². The molecule has 0 unspecified atom stereocenters. The van der Waals surface area contributed by atoms with Crippen molar-refractivity contribution in [3.05, 3.63) is 88.0 Å². The van der Waals surface area contributed by atoms with Gasteiger partial charge >= 0.3 is 5.91 Å². The summed E-state index contributed by atoms with van der Waals surface area (Å²) in [4.78, 5) is 33.5. The molecule has 0 saturated carbocycles. The molecule has 1 amide bonds. The highest BCUT2D eigenvalue weighted by Gasteiger charge is 2.48. The minimum Gasteiger partial charge on any atom is -0.507 e. The average Bonchev–Trinajstić information content (AvgIpc) is 3.56. The highest BCUT2D eigenvalue weighted by molar-refractivity contribution is 7.22. The number of amides is 1. The Morgan fingerprint density at radius 1 is 1.15 bits per heavy atom. The van der Waals surface area contributed by atoms with Gasteiger partial charge in [0.25, 0.3) is 5.78 Å². The number of aromatic nitrogens is 1. The van der Waals surface area contributed by atoms with Gasteiger partial charge in [-0.2, -0.15) is 0 Å². The predicted octanol–water partition coefficient (Wildman–Crippen LogP) is 6.26. The molecule has 2 aliphatic rings. The van der Waals surface area contributed by atoms with Crippen LogP contribution in [0.5, 0.6) is 11.5 Å². The van der Waals surface area contributed by atoms with Gasteiger partial charge in [-0.3, -0.25) is 14.5 Å². The number of anilines is 1. The first-order valence-corrected chi connectivity index (χ1v) is 13.8. The average molecular weight is 541 g/mol. The third kappa shape index (κ3) is 4.25. The van der Waals surface area contributed by atoms with Crippen LogP contribution in [0.3, 0.4) is 0 Å². The number of fused-ring (bicyclic) bond motifs is 2. The van der Waals surface area contributed by atoms with Crippen molar-refractivity contribution in [2.45, 2.75) is 46.3 Å². The summed E-state index contributed by atoms with van der Waals surface area (Å²) in [5.41, 5.74) is 4.96. The molecule has 2 aliphatic heterocycles. The summed E-state index contributed by atoms with van der Waals surface area (Å²) in [6.45, 7) is 8.34. The Morgan fingerprint density at radius 2 is 1.97 bits per heavy atom. The second-order valence-corrected chi connectivity index (χ2v) is 11.1. The van der Waals surface area contributed by atoms with Crippen LogP contribution in [0, 0.1) is 13.8 Å². The van der Waals surface area contributed by atoms with Crippen LogP contribution < -0.4 is 14.4 Å². The zero-order chi connectivity index (χ0) is 27.4. The fourth-order valence-corrected chi connectivity index (χ4v) is 6.64. The van der Waals surface area contributed by atoms with E-state index in [2.05, 4.69) is 0 Å².